The van der Waals surface area contributed by atoms with Crippen LogP contribution in [0, 0.1) is 0 Å². The lowest BCUT2D eigenvalue weighted by molar-refractivity contribution is 0.00303. The number of rotatable bonds is 4. The Labute approximate surface area is 148 Å². The number of aromatic amines is 1. The predicted octanol–water partition coefficient (Wildman–Crippen LogP) is 2.00. The standard InChI is InChI=1S/C19H26N4O2/c1-22(2)14-19(25)9-6-11-23(12-10-19)18(24)17-13-16(20-21-17)15-7-4-3-5-8-15/h3-5,7-8,13,25H,6,9-12,14H2,1-2H3,(H,20,21)/t19-/m0/s1. The highest BCUT2D eigenvalue weighted by Crippen LogP contribution is 2.24. The zero-order valence-corrected chi connectivity index (χ0v) is 14.9. The molecule has 1 amide bonds. The topological polar surface area (TPSA) is 72.5 Å². The zero-order chi connectivity index (χ0) is 17.9. The van der Waals surface area contributed by atoms with Crippen LogP contribution in [0.4, 0.5) is 0 Å². The van der Waals surface area contributed by atoms with Crippen molar-refractivity contribution >= 4 is 5.91 Å². The Hall–Kier alpha value is -2.18. The largest absolute Gasteiger partial charge is 0.388 e. The second-order valence-electron chi connectivity index (χ2n) is 7.14. The first-order chi connectivity index (χ1) is 12.0. The fourth-order valence-electron chi connectivity index (χ4n) is 3.49. The van der Waals surface area contributed by atoms with Crippen molar-refractivity contribution in [1.29, 1.82) is 0 Å². The van der Waals surface area contributed by atoms with Crippen molar-refractivity contribution in [3.05, 3.63) is 42.1 Å². The number of amides is 1. The number of likely N-dealkylation sites (N-methyl/N-ethyl adjacent to an activating group) is 1. The number of nitrogens with one attached hydrogen (secondary N) is 1. The minimum Gasteiger partial charge on any atom is -0.388 e. The number of benzene rings is 1. The molecule has 1 aliphatic rings. The van der Waals surface area contributed by atoms with Crippen LogP contribution in [-0.2, 0) is 0 Å². The molecule has 2 heterocycles. The van der Waals surface area contributed by atoms with Crippen LogP contribution in [0.15, 0.2) is 36.4 Å². The SMILES string of the molecule is CN(C)C[C@]1(O)CCCN(C(=O)c2cc(-c3ccccc3)n[nH]2)CC1. The van der Waals surface area contributed by atoms with Gasteiger partial charge >= 0.3 is 0 Å². The number of likely N-dealkylation sites (tertiary alicyclic amines) is 1. The lowest BCUT2D eigenvalue weighted by Gasteiger charge is -2.29. The molecule has 2 N–H and O–H groups in total. The smallest absolute Gasteiger partial charge is 0.271 e. The van der Waals surface area contributed by atoms with Crippen LogP contribution < -0.4 is 0 Å². The Morgan fingerprint density at radius 2 is 2.04 bits per heavy atom. The number of H-pyrrole nitrogens is 1. The summed E-state index contributed by atoms with van der Waals surface area (Å²) in [6.45, 7) is 1.84. The van der Waals surface area contributed by atoms with Crippen LogP contribution in [0.1, 0.15) is 29.8 Å². The molecule has 0 saturated carbocycles. The fourth-order valence-corrected chi connectivity index (χ4v) is 3.49. The van der Waals surface area contributed by atoms with E-state index in [1.807, 2.05) is 54.2 Å². The zero-order valence-electron chi connectivity index (χ0n) is 14.9. The maximum Gasteiger partial charge on any atom is 0.271 e. The van der Waals surface area contributed by atoms with E-state index in [1.165, 1.54) is 0 Å². The van der Waals surface area contributed by atoms with Gasteiger partial charge in [0.2, 0.25) is 0 Å². The number of carbonyl (C=O) groups is 1. The number of hydrogen-bond donors (Lipinski definition) is 2. The van der Waals surface area contributed by atoms with Crippen molar-refractivity contribution in [2.24, 2.45) is 0 Å². The van der Waals surface area contributed by atoms with Crippen molar-refractivity contribution in [3.8, 4) is 11.3 Å². The van der Waals surface area contributed by atoms with Crippen LogP contribution in [-0.4, -0.2) is 70.3 Å². The Kier molecular flexibility index (Phi) is 5.20. The molecule has 25 heavy (non-hydrogen) atoms. The van der Waals surface area contributed by atoms with Crippen LogP contribution >= 0.6 is 0 Å². The lowest BCUT2D eigenvalue weighted by atomic mass is 9.94. The molecule has 0 unspecified atom stereocenters. The second-order valence-corrected chi connectivity index (χ2v) is 7.14. The number of carbonyl (C=O) groups excluding carboxylic acids is 1. The van der Waals surface area contributed by atoms with Gasteiger partial charge in [0.15, 0.2) is 0 Å². The van der Waals surface area contributed by atoms with E-state index in [0.29, 0.717) is 38.2 Å². The molecule has 0 aliphatic carbocycles. The Balaban J connectivity index is 1.68. The van der Waals surface area contributed by atoms with Gasteiger partial charge in [-0.3, -0.25) is 9.89 Å². The van der Waals surface area contributed by atoms with Crippen LogP contribution in [0.5, 0.6) is 0 Å². The highest BCUT2D eigenvalue weighted by molar-refractivity contribution is 5.93. The number of aliphatic hydroxyl groups is 1. The molecule has 134 valence electrons. The summed E-state index contributed by atoms with van der Waals surface area (Å²) in [6.07, 6.45) is 2.11. The summed E-state index contributed by atoms with van der Waals surface area (Å²) in [5.74, 6) is -0.0521. The summed E-state index contributed by atoms with van der Waals surface area (Å²) < 4.78 is 0. The van der Waals surface area contributed by atoms with Crippen molar-refractivity contribution in [1.82, 2.24) is 20.0 Å². The summed E-state index contributed by atoms with van der Waals surface area (Å²) in [5, 5.41) is 17.9. The highest BCUT2D eigenvalue weighted by atomic mass is 16.3. The van der Waals surface area contributed by atoms with Gasteiger partial charge in [0.05, 0.1) is 11.3 Å². The molecule has 1 saturated heterocycles. The van der Waals surface area contributed by atoms with Crippen molar-refractivity contribution in [3.63, 3.8) is 0 Å². The van der Waals surface area contributed by atoms with Gasteiger partial charge in [-0.05, 0) is 39.4 Å². The quantitative estimate of drug-likeness (QED) is 0.891. The van der Waals surface area contributed by atoms with E-state index in [0.717, 1.165) is 17.7 Å². The molecular weight excluding hydrogens is 316 g/mol. The summed E-state index contributed by atoms with van der Waals surface area (Å²) in [4.78, 5) is 16.6. The van der Waals surface area contributed by atoms with Crippen molar-refractivity contribution < 1.29 is 9.90 Å². The number of aromatic nitrogens is 2. The van der Waals surface area contributed by atoms with Gasteiger partial charge < -0.3 is 14.9 Å². The van der Waals surface area contributed by atoms with E-state index in [9.17, 15) is 9.90 Å². The first kappa shape index (κ1) is 17.6. The van der Waals surface area contributed by atoms with Gasteiger partial charge in [-0.1, -0.05) is 30.3 Å². The molecule has 1 fully saturated rings. The molecule has 3 rings (SSSR count). The number of hydrogen-bond acceptors (Lipinski definition) is 4. The van der Waals surface area contributed by atoms with Gasteiger partial charge in [0.1, 0.15) is 5.69 Å². The van der Waals surface area contributed by atoms with Crippen LogP contribution in [0.2, 0.25) is 0 Å². The maximum atomic E-state index is 12.8. The van der Waals surface area contributed by atoms with Gasteiger partial charge in [-0.2, -0.15) is 5.10 Å². The molecule has 0 radical (unpaired) electrons. The first-order valence-corrected chi connectivity index (χ1v) is 8.74. The second kappa shape index (κ2) is 7.37. The van der Waals surface area contributed by atoms with E-state index < -0.39 is 5.60 Å². The predicted molar refractivity (Wildman–Crippen MR) is 97.3 cm³/mol. The molecule has 0 bridgehead atoms. The first-order valence-electron chi connectivity index (χ1n) is 8.74. The summed E-state index contributed by atoms with van der Waals surface area (Å²) in [6, 6.07) is 11.6. The molecule has 6 nitrogen and oxygen atoms in total. The monoisotopic (exact) mass is 342 g/mol. The van der Waals surface area contributed by atoms with Crippen LogP contribution in [0.3, 0.4) is 0 Å². The molecule has 1 atom stereocenters. The van der Waals surface area contributed by atoms with Gasteiger partial charge in [0, 0.05) is 25.2 Å². The Morgan fingerprint density at radius 1 is 1.28 bits per heavy atom. The average molecular weight is 342 g/mol. The molecule has 6 heteroatoms. The maximum absolute atomic E-state index is 12.8. The Morgan fingerprint density at radius 3 is 2.76 bits per heavy atom. The van der Waals surface area contributed by atoms with E-state index in [1.54, 1.807) is 6.07 Å². The normalized spacial score (nSPS) is 21.4. The average Bonchev–Trinajstić information content (AvgIpc) is 3.00. The molecule has 1 aliphatic heterocycles. The van der Waals surface area contributed by atoms with E-state index in [4.69, 9.17) is 0 Å². The Bertz CT molecular complexity index is 713. The molecule has 1 aromatic heterocycles. The minimum atomic E-state index is -0.721. The minimum absolute atomic E-state index is 0.0521. The van der Waals surface area contributed by atoms with Crippen molar-refractivity contribution in [2.75, 3.05) is 33.7 Å². The van der Waals surface area contributed by atoms with Gasteiger partial charge in [-0.25, -0.2) is 0 Å². The van der Waals surface area contributed by atoms with Gasteiger partial charge in [0.25, 0.3) is 5.91 Å². The highest BCUT2D eigenvalue weighted by Gasteiger charge is 2.32. The van der Waals surface area contributed by atoms with Crippen LogP contribution in [0.25, 0.3) is 11.3 Å². The fraction of sp³-hybridized carbons (Fsp3) is 0.474. The van der Waals surface area contributed by atoms with E-state index >= 15 is 0 Å². The third-order valence-electron chi connectivity index (χ3n) is 4.69. The van der Waals surface area contributed by atoms with E-state index in [2.05, 4.69) is 10.2 Å². The summed E-state index contributed by atoms with van der Waals surface area (Å²) >= 11 is 0. The summed E-state index contributed by atoms with van der Waals surface area (Å²) in [7, 11) is 3.92. The van der Waals surface area contributed by atoms with E-state index in [-0.39, 0.29) is 5.91 Å². The molecule has 0 spiro atoms. The molecular formula is C19H26N4O2. The number of nitrogens with zero attached hydrogens (tertiary/aromatic N) is 3. The molecule has 1 aromatic carbocycles. The van der Waals surface area contributed by atoms with Crippen molar-refractivity contribution in [2.45, 2.75) is 24.9 Å². The third kappa shape index (κ3) is 4.27. The summed E-state index contributed by atoms with van der Waals surface area (Å²) in [5.41, 5.74) is 1.52. The third-order valence-corrected chi connectivity index (χ3v) is 4.69. The lowest BCUT2D eigenvalue weighted by Crippen LogP contribution is -2.41. The van der Waals surface area contributed by atoms with Gasteiger partial charge in [-0.15, -0.1) is 0 Å². The molecule has 2 aromatic rings.